The highest BCUT2D eigenvalue weighted by atomic mass is 19.3. The Morgan fingerprint density at radius 3 is 2.44 bits per heavy atom. The molecule has 0 fully saturated rings. The van der Waals surface area contributed by atoms with Gasteiger partial charge in [0.25, 0.3) is 5.92 Å². The average molecular weight is 139 g/mol. The van der Waals surface area contributed by atoms with Gasteiger partial charge in [-0.25, -0.2) is 14.7 Å². The summed E-state index contributed by atoms with van der Waals surface area (Å²) in [4.78, 5) is 3.81. The first-order valence-electron chi connectivity index (χ1n) is 2.82. The normalized spacial score (nSPS) is 12.0. The molecule has 0 bridgehead atoms. The summed E-state index contributed by atoms with van der Waals surface area (Å²) < 4.78 is 24.4. The highest BCUT2D eigenvalue weighted by molar-refractivity contribution is 4.62. The lowest BCUT2D eigenvalue weighted by Crippen LogP contribution is -2.25. The van der Waals surface area contributed by atoms with Gasteiger partial charge in [0.05, 0.1) is 0 Å². The summed E-state index contributed by atoms with van der Waals surface area (Å²) in [5.74, 6) is 1.72. The van der Waals surface area contributed by atoms with Gasteiger partial charge in [-0.2, -0.15) is 0 Å². The predicted molar refractivity (Wildman–Crippen MR) is 30.0 cm³/mol. The van der Waals surface area contributed by atoms with Crippen molar-refractivity contribution < 1.29 is 13.6 Å². The van der Waals surface area contributed by atoms with Crippen molar-refractivity contribution in [3.05, 3.63) is 0 Å². The Hall–Kier alpha value is -0.220. The van der Waals surface area contributed by atoms with Gasteiger partial charge >= 0.3 is 0 Å². The first kappa shape index (κ1) is 8.78. The van der Waals surface area contributed by atoms with Crippen molar-refractivity contribution >= 4 is 0 Å². The molecule has 0 aliphatic heterocycles. The lowest BCUT2D eigenvalue weighted by atomic mass is 10.2. The molecule has 0 aromatic rings. The molecule has 0 rings (SSSR count). The maximum atomic E-state index is 12.2. The molecule has 2 N–H and O–H groups in total. The van der Waals surface area contributed by atoms with E-state index in [1.165, 1.54) is 0 Å². The largest absolute Gasteiger partial charge is 0.298 e. The first-order valence-corrected chi connectivity index (χ1v) is 2.82. The van der Waals surface area contributed by atoms with Crippen molar-refractivity contribution in [3.63, 3.8) is 0 Å². The molecule has 0 spiro atoms. The third-order valence-corrected chi connectivity index (χ3v) is 0.910. The summed E-state index contributed by atoms with van der Waals surface area (Å²) >= 11 is 0. The second kappa shape index (κ2) is 3.74. The zero-order valence-corrected chi connectivity index (χ0v) is 5.36. The molecule has 0 aromatic carbocycles. The van der Waals surface area contributed by atoms with E-state index in [1.807, 2.05) is 0 Å². The van der Waals surface area contributed by atoms with Gasteiger partial charge in [-0.1, -0.05) is 13.3 Å². The van der Waals surface area contributed by atoms with Gasteiger partial charge in [-0.3, -0.25) is 4.84 Å². The fraction of sp³-hybridized carbons (Fsp3) is 1.00. The zero-order valence-electron chi connectivity index (χ0n) is 5.36. The lowest BCUT2D eigenvalue weighted by Gasteiger charge is -2.12. The molecule has 0 aliphatic rings. The van der Waals surface area contributed by atoms with Crippen molar-refractivity contribution in [2.24, 2.45) is 5.90 Å². The summed E-state index contributed by atoms with van der Waals surface area (Å²) in [5.41, 5.74) is 0. The Balaban J connectivity index is 3.43. The van der Waals surface area contributed by atoms with E-state index in [4.69, 9.17) is 0 Å². The molecule has 4 heteroatoms. The summed E-state index contributed by atoms with van der Waals surface area (Å²) in [6, 6.07) is 0. The van der Waals surface area contributed by atoms with Crippen LogP contribution in [0.5, 0.6) is 0 Å². The van der Waals surface area contributed by atoms with Gasteiger partial charge in [0, 0.05) is 6.42 Å². The van der Waals surface area contributed by atoms with Crippen LogP contribution in [0.4, 0.5) is 8.78 Å². The van der Waals surface area contributed by atoms with Crippen LogP contribution in [0.15, 0.2) is 0 Å². The van der Waals surface area contributed by atoms with Crippen LogP contribution in [0.3, 0.4) is 0 Å². The van der Waals surface area contributed by atoms with Crippen LogP contribution in [0, 0.1) is 0 Å². The van der Waals surface area contributed by atoms with Gasteiger partial charge in [0.1, 0.15) is 6.61 Å². The Morgan fingerprint density at radius 2 is 2.11 bits per heavy atom. The number of nitrogens with two attached hydrogens (primary N) is 1. The Morgan fingerprint density at radius 1 is 1.56 bits per heavy atom. The highest BCUT2D eigenvalue weighted by Crippen LogP contribution is 2.19. The Bertz CT molecular complexity index is 69.4. The molecule has 0 amide bonds. The summed E-state index contributed by atoms with van der Waals surface area (Å²) in [6.45, 7) is 1.01. The standard InChI is InChI=1S/C5H11F2NO/c1-2-3-5(6,7)4-9-8/h2-4,8H2,1H3. The SMILES string of the molecule is CCCC(F)(F)CON. The average Bonchev–Trinajstić information content (AvgIpc) is 1.64. The van der Waals surface area contributed by atoms with Gasteiger partial charge < -0.3 is 0 Å². The smallest absolute Gasteiger partial charge is 0.272 e. The second-order valence-corrected chi connectivity index (χ2v) is 1.92. The molecule has 56 valence electrons. The predicted octanol–water partition coefficient (Wildman–Crippen LogP) is 1.31. The lowest BCUT2D eigenvalue weighted by molar-refractivity contribution is -0.0834. The van der Waals surface area contributed by atoms with Crippen molar-refractivity contribution in [3.8, 4) is 0 Å². The van der Waals surface area contributed by atoms with Gasteiger partial charge in [0.15, 0.2) is 0 Å². The number of rotatable bonds is 4. The summed E-state index contributed by atoms with van der Waals surface area (Å²) in [6.07, 6.45) is 0.278. The molecule has 2 nitrogen and oxygen atoms in total. The zero-order chi connectivity index (χ0) is 7.33. The minimum atomic E-state index is -2.75. The molecule has 0 unspecified atom stereocenters. The van der Waals surface area contributed by atoms with Crippen molar-refractivity contribution in [2.75, 3.05) is 6.61 Å². The van der Waals surface area contributed by atoms with Gasteiger partial charge in [-0.05, 0) is 0 Å². The van der Waals surface area contributed by atoms with E-state index in [0.717, 1.165) is 0 Å². The molecular weight excluding hydrogens is 128 g/mol. The molecule has 0 aromatic heterocycles. The fourth-order valence-corrected chi connectivity index (χ4v) is 0.560. The Labute approximate surface area is 52.9 Å². The molecule has 0 saturated heterocycles. The monoisotopic (exact) mass is 139 g/mol. The minimum absolute atomic E-state index is 0.163. The number of hydrogen-bond donors (Lipinski definition) is 1. The third kappa shape index (κ3) is 4.29. The van der Waals surface area contributed by atoms with E-state index in [0.29, 0.717) is 6.42 Å². The van der Waals surface area contributed by atoms with Crippen LogP contribution in [-0.4, -0.2) is 12.5 Å². The molecule has 0 atom stereocenters. The van der Waals surface area contributed by atoms with Crippen molar-refractivity contribution in [1.82, 2.24) is 0 Å². The fourth-order valence-electron chi connectivity index (χ4n) is 0.560. The molecule has 0 radical (unpaired) electrons. The number of hydrogen-bond acceptors (Lipinski definition) is 2. The molecule has 0 heterocycles. The van der Waals surface area contributed by atoms with Gasteiger partial charge in [0.2, 0.25) is 0 Å². The Kier molecular flexibility index (Phi) is 3.65. The maximum absolute atomic E-state index is 12.2. The molecule has 0 aliphatic carbocycles. The van der Waals surface area contributed by atoms with E-state index < -0.39 is 12.5 Å². The van der Waals surface area contributed by atoms with E-state index in [-0.39, 0.29) is 6.42 Å². The molecule has 0 saturated carbocycles. The van der Waals surface area contributed by atoms with E-state index in [1.54, 1.807) is 6.92 Å². The topological polar surface area (TPSA) is 35.2 Å². The van der Waals surface area contributed by atoms with Crippen LogP contribution in [0.1, 0.15) is 19.8 Å². The highest BCUT2D eigenvalue weighted by Gasteiger charge is 2.27. The first-order chi connectivity index (χ1) is 4.12. The van der Waals surface area contributed by atoms with E-state index >= 15 is 0 Å². The van der Waals surface area contributed by atoms with Crippen molar-refractivity contribution in [1.29, 1.82) is 0 Å². The molecule has 9 heavy (non-hydrogen) atoms. The van der Waals surface area contributed by atoms with Crippen molar-refractivity contribution in [2.45, 2.75) is 25.7 Å². The minimum Gasteiger partial charge on any atom is -0.298 e. The maximum Gasteiger partial charge on any atom is 0.272 e. The summed E-state index contributed by atoms with van der Waals surface area (Å²) in [7, 11) is 0. The number of halogens is 2. The number of alkyl halides is 2. The van der Waals surface area contributed by atoms with Crippen LogP contribution >= 0.6 is 0 Å². The third-order valence-electron chi connectivity index (χ3n) is 0.910. The second-order valence-electron chi connectivity index (χ2n) is 1.92. The summed E-state index contributed by atoms with van der Waals surface area (Å²) in [5, 5.41) is 0. The molecular formula is C5H11F2NO. The van der Waals surface area contributed by atoms with Gasteiger partial charge in [-0.15, -0.1) is 0 Å². The van der Waals surface area contributed by atoms with Crippen LogP contribution in [-0.2, 0) is 4.84 Å². The van der Waals surface area contributed by atoms with E-state index in [9.17, 15) is 8.78 Å². The van der Waals surface area contributed by atoms with E-state index in [2.05, 4.69) is 10.7 Å². The van der Waals surface area contributed by atoms with Crippen LogP contribution in [0.25, 0.3) is 0 Å². The van der Waals surface area contributed by atoms with Crippen LogP contribution in [0.2, 0.25) is 0 Å². The quantitative estimate of drug-likeness (QED) is 0.596. The van der Waals surface area contributed by atoms with Crippen LogP contribution < -0.4 is 5.90 Å².